The third-order valence-electron chi connectivity index (χ3n) is 1.83. The van der Waals surface area contributed by atoms with Gasteiger partial charge in [0.15, 0.2) is 5.96 Å². The standard InChI is InChI=1S/C6H11N3O4.C4H6O4.2K.2H/c7-6(8)9-3(5(12)13)1-2-4(10)11;5-3(6)1-2-4(7)8;;;;/h3H,1-2H2,(H,10,11)(H,12,13)(H4,7,8,9);1-2H2,(H,5,6)(H,7,8);;;;/t3-;;;;;/m0...../s1. The van der Waals surface area contributed by atoms with Crippen molar-refractivity contribution in [1.29, 1.82) is 5.41 Å². The van der Waals surface area contributed by atoms with Gasteiger partial charge >= 0.3 is 127 Å². The Morgan fingerprint density at radius 2 is 1.22 bits per heavy atom. The molecule has 0 aliphatic rings. The Bertz CT molecular complexity index is 405. The summed E-state index contributed by atoms with van der Waals surface area (Å²) in [5.74, 6) is -4.95. The first-order valence-corrected chi connectivity index (χ1v) is 5.55. The van der Waals surface area contributed by atoms with Gasteiger partial charge in [-0.15, -0.1) is 0 Å². The van der Waals surface area contributed by atoms with E-state index in [0.29, 0.717) is 0 Å². The van der Waals surface area contributed by atoms with Gasteiger partial charge in [0.25, 0.3) is 0 Å². The Labute approximate surface area is 216 Å². The molecule has 11 nitrogen and oxygen atoms in total. The second-order valence-corrected chi connectivity index (χ2v) is 3.67. The summed E-state index contributed by atoms with van der Waals surface area (Å²) in [5, 5.41) is 41.5. The van der Waals surface area contributed by atoms with E-state index in [1.165, 1.54) is 0 Å². The van der Waals surface area contributed by atoms with Crippen LogP contribution in [0.3, 0.4) is 0 Å². The Morgan fingerprint density at radius 1 is 0.870 bits per heavy atom. The van der Waals surface area contributed by atoms with E-state index in [0.717, 1.165) is 0 Å². The molecule has 0 spiro atoms. The van der Waals surface area contributed by atoms with Gasteiger partial charge in [0.2, 0.25) is 0 Å². The zero-order valence-electron chi connectivity index (χ0n) is 10.9. The average Bonchev–Trinajstić information content (AvgIpc) is 2.31. The van der Waals surface area contributed by atoms with E-state index in [4.69, 9.17) is 31.6 Å². The number of nitrogens with one attached hydrogen (secondary N) is 2. The molecule has 0 unspecified atom stereocenters. The summed E-state index contributed by atoms with van der Waals surface area (Å²) >= 11 is 0. The third-order valence-corrected chi connectivity index (χ3v) is 1.83. The summed E-state index contributed by atoms with van der Waals surface area (Å²) in [4.78, 5) is 39.8. The van der Waals surface area contributed by atoms with Crippen LogP contribution in [0.5, 0.6) is 0 Å². The average molecular weight is 387 g/mol. The molecule has 23 heavy (non-hydrogen) atoms. The van der Waals surface area contributed by atoms with E-state index >= 15 is 0 Å². The molecule has 1 atom stereocenters. The minimum absolute atomic E-state index is 0. The van der Waals surface area contributed by atoms with Gasteiger partial charge in [-0.25, -0.2) is 4.79 Å². The predicted octanol–water partition coefficient (Wildman–Crippen LogP) is -2.57. The van der Waals surface area contributed by atoms with Crippen molar-refractivity contribution in [3.8, 4) is 0 Å². The van der Waals surface area contributed by atoms with Gasteiger partial charge in [-0.1, -0.05) is 0 Å². The van der Waals surface area contributed by atoms with Gasteiger partial charge in [0.1, 0.15) is 6.04 Å². The molecule has 0 fully saturated rings. The SMILES string of the molecule is N=C(N)N[C@@H](CCC(=O)O)C(=O)O.O=C(O)CCC(=O)O.[KH].[KH]. The molecule has 0 aromatic rings. The van der Waals surface area contributed by atoms with Gasteiger partial charge in [-0.2, -0.15) is 0 Å². The van der Waals surface area contributed by atoms with Gasteiger partial charge in [-0.3, -0.25) is 19.8 Å². The molecule has 0 bridgehead atoms. The van der Waals surface area contributed by atoms with Crippen LogP contribution in [0.15, 0.2) is 0 Å². The molecule has 0 saturated heterocycles. The van der Waals surface area contributed by atoms with Crippen LogP contribution in [-0.2, 0) is 19.2 Å². The Balaban J connectivity index is -0.000000158. The monoisotopic (exact) mass is 387 g/mol. The maximum absolute atomic E-state index is 10.4. The summed E-state index contributed by atoms with van der Waals surface area (Å²) in [7, 11) is 0. The first-order chi connectivity index (χ1) is 9.56. The van der Waals surface area contributed by atoms with Crippen LogP contribution >= 0.6 is 0 Å². The number of carboxylic acid groups (broad SMARTS) is 4. The molecular weight excluding hydrogens is 368 g/mol. The summed E-state index contributed by atoms with van der Waals surface area (Å²) in [5.41, 5.74) is 4.90. The Morgan fingerprint density at radius 3 is 1.43 bits per heavy atom. The van der Waals surface area contributed by atoms with E-state index in [2.05, 4.69) is 5.32 Å². The second-order valence-electron chi connectivity index (χ2n) is 3.67. The van der Waals surface area contributed by atoms with Gasteiger partial charge in [-0.05, 0) is 6.42 Å². The van der Waals surface area contributed by atoms with Crippen molar-refractivity contribution in [3.05, 3.63) is 0 Å². The third kappa shape index (κ3) is 27.6. The molecule has 13 heteroatoms. The number of nitrogens with two attached hydrogens (primary N) is 1. The van der Waals surface area contributed by atoms with Crippen molar-refractivity contribution in [2.45, 2.75) is 31.7 Å². The van der Waals surface area contributed by atoms with Gasteiger partial charge in [0, 0.05) is 6.42 Å². The number of hydrogen-bond acceptors (Lipinski definition) is 5. The number of hydrogen-bond donors (Lipinski definition) is 7. The fraction of sp³-hybridized carbons (Fsp3) is 0.500. The zero-order chi connectivity index (χ0) is 17.0. The van der Waals surface area contributed by atoms with Crippen LogP contribution in [0.2, 0.25) is 0 Å². The fourth-order valence-electron chi connectivity index (χ4n) is 0.927. The second kappa shape index (κ2) is 18.8. The number of carbonyl (C=O) groups is 4. The molecule has 124 valence electrons. The van der Waals surface area contributed by atoms with E-state index in [-0.39, 0.29) is 128 Å². The van der Waals surface area contributed by atoms with Crippen molar-refractivity contribution in [2.75, 3.05) is 0 Å². The van der Waals surface area contributed by atoms with Crippen molar-refractivity contribution in [2.24, 2.45) is 5.73 Å². The van der Waals surface area contributed by atoms with Crippen LogP contribution < -0.4 is 11.1 Å². The van der Waals surface area contributed by atoms with Crippen LogP contribution in [0.4, 0.5) is 0 Å². The molecule has 8 N–H and O–H groups in total. The number of carboxylic acids is 4. The van der Waals surface area contributed by atoms with Gasteiger partial charge < -0.3 is 31.5 Å². The van der Waals surface area contributed by atoms with E-state index in [1.54, 1.807) is 0 Å². The summed E-state index contributed by atoms with van der Waals surface area (Å²) in [6.07, 6.45) is -0.980. The van der Waals surface area contributed by atoms with E-state index in [1.807, 2.05) is 0 Å². The molecule has 0 aliphatic carbocycles. The van der Waals surface area contributed by atoms with Crippen molar-refractivity contribution < 1.29 is 39.6 Å². The first-order valence-electron chi connectivity index (χ1n) is 5.55. The Hall–Kier alpha value is 0.423. The topological polar surface area (TPSA) is 211 Å². The molecular formula is C10H19K2N3O8. The van der Waals surface area contributed by atoms with Crippen molar-refractivity contribution in [1.82, 2.24) is 5.32 Å². The van der Waals surface area contributed by atoms with Gasteiger partial charge in [0.05, 0.1) is 12.8 Å². The van der Waals surface area contributed by atoms with E-state index < -0.39 is 35.9 Å². The molecule has 0 rings (SSSR count). The zero-order valence-corrected chi connectivity index (χ0v) is 10.9. The van der Waals surface area contributed by atoms with E-state index in [9.17, 15) is 19.2 Å². The summed E-state index contributed by atoms with van der Waals surface area (Å²) < 4.78 is 0. The van der Waals surface area contributed by atoms with Crippen LogP contribution in [0.25, 0.3) is 0 Å². The molecule has 0 aromatic carbocycles. The van der Waals surface area contributed by atoms with Crippen molar-refractivity contribution >= 4 is 133 Å². The molecule has 0 heterocycles. The van der Waals surface area contributed by atoms with Crippen LogP contribution in [-0.4, -0.2) is 159 Å². The summed E-state index contributed by atoms with van der Waals surface area (Å²) in [6.45, 7) is 0. The summed E-state index contributed by atoms with van der Waals surface area (Å²) in [6, 6.07) is -1.12. The molecule has 0 radical (unpaired) electrons. The minimum atomic E-state index is -1.23. The first kappa shape index (κ1) is 31.2. The molecule has 0 amide bonds. The number of aliphatic carboxylic acids is 4. The maximum atomic E-state index is 10.4. The molecule has 0 aromatic heterocycles. The molecule has 0 aliphatic heterocycles. The number of guanidine groups is 1. The van der Waals surface area contributed by atoms with Crippen LogP contribution in [0.1, 0.15) is 25.7 Å². The number of rotatable bonds is 8. The fourth-order valence-corrected chi connectivity index (χ4v) is 0.927. The Kier molecular flexibility index (Phi) is 25.5. The predicted molar refractivity (Wildman–Crippen MR) is 82.1 cm³/mol. The van der Waals surface area contributed by atoms with Crippen LogP contribution in [0, 0.1) is 5.41 Å². The van der Waals surface area contributed by atoms with Crippen molar-refractivity contribution in [3.63, 3.8) is 0 Å². The normalized spacial score (nSPS) is 9.57. The quantitative estimate of drug-likeness (QED) is 0.131. The molecule has 0 saturated carbocycles.